The van der Waals surface area contributed by atoms with Gasteiger partial charge in [0.25, 0.3) is 0 Å². The minimum Gasteiger partial charge on any atom is -0.507 e. The van der Waals surface area contributed by atoms with Gasteiger partial charge in [0.05, 0.1) is 11.6 Å². The summed E-state index contributed by atoms with van der Waals surface area (Å²) in [5.41, 5.74) is 1.35. The summed E-state index contributed by atoms with van der Waals surface area (Å²) >= 11 is 0. The van der Waals surface area contributed by atoms with E-state index in [-0.39, 0.29) is 57.7 Å². The van der Waals surface area contributed by atoms with E-state index in [1.54, 1.807) is 24.3 Å². The van der Waals surface area contributed by atoms with Gasteiger partial charge in [-0.05, 0) is 12.1 Å². The Balaban J connectivity index is -0.000000810. The van der Waals surface area contributed by atoms with Crippen molar-refractivity contribution in [2.75, 3.05) is 0 Å². The summed E-state index contributed by atoms with van der Waals surface area (Å²) in [7, 11) is 0. The fourth-order valence-corrected chi connectivity index (χ4v) is 1.51. The maximum atomic E-state index is 9.83. The monoisotopic (exact) mass is 390 g/mol. The van der Waals surface area contributed by atoms with Gasteiger partial charge in [0.15, 0.2) is 0 Å². The van der Waals surface area contributed by atoms with E-state index in [1.165, 1.54) is 6.08 Å². The van der Waals surface area contributed by atoms with Crippen LogP contribution in [0, 0.1) is 22.3 Å². The third-order valence-electron chi connectivity index (χ3n) is 2.41. The molecule has 0 saturated carbocycles. The van der Waals surface area contributed by atoms with Crippen molar-refractivity contribution in [1.29, 1.82) is 0 Å². The molecule has 0 aliphatic carbocycles. The first-order chi connectivity index (χ1) is 8.27. The molecule has 0 aliphatic heterocycles. The molecule has 0 amide bonds. The van der Waals surface area contributed by atoms with Crippen molar-refractivity contribution in [1.82, 2.24) is 0 Å². The molecule has 2 aromatic carbocycles. The summed E-state index contributed by atoms with van der Waals surface area (Å²) in [5.74, 6) is 0.0962. The zero-order valence-corrected chi connectivity index (χ0v) is 15.6. The molecular formula is C18H22O2Sn-2. The van der Waals surface area contributed by atoms with E-state index in [4.69, 9.17) is 0 Å². The van der Waals surface area contributed by atoms with Crippen LogP contribution in [0.3, 0.4) is 0 Å². The maximum Gasteiger partial charge on any atom is 0.350 e. The van der Waals surface area contributed by atoms with E-state index < -0.39 is 0 Å². The number of benzene rings is 2. The molecule has 0 atom stereocenters. The Morgan fingerprint density at radius 1 is 0.762 bits per heavy atom. The van der Waals surface area contributed by atoms with Gasteiger partial charge in [-0.25, -0.2) is 0 Å². The van der Waals surface area contributed by atoms with Gasteiger partial charge in [-0.15, -0.1) is 0 Å². The van der Waals surface area contributed by atoms with Crippen molar-refractivity contribution in [2.24, 2.45) is 0 Å². The second-order valence-corrected chi connectivity index (χ2v) is 3.65. The molecule has 2 rings (SSSR count). The summed E-state index contributed by atoms with van der Waals surface area (Å²) in [5, 5.41) is 9.83. The standard InChI is InChI=1S/C15H12O2.3CH3.Sn/c16-14(12-7-3-1-4-8-12)11-15(17)13-9-5-2-6-10-13;;;;/h1-11,16H;3*1H3;/q;3*-1;/p+1/b14-11-;;;;. The van der Waals surface area contributed by atoms with Crippen LogP contribution in [0.4, 0.5) is 0 Å². The van der Waals surface area contributed by atoms with Gasteiger partial charge in [0.2, 0.25) is 0 Å². The van der Waals surface area contributed by atoms with Crippen LogP contribution in [0.1, 0.15) is 11.1 Å². The predicted octanol–water partition coefficient (Wildman–Crippen LogP) is 4.15. The number of allylic oxidation sites excluding steroid dienone is 1. The first-order valence-corrected chi connectivity index (χ1v) is 5.35. The summed E-state index contributed by atoms with van der Waals surface area (Å²) in [4.78, 5) is 9.83. The quantitative estimate of drug-likeness (QED) is 0.210. The minimum atomic E-state index is 0. The summed E-state index contributed by atoms with van der Waals surface area (Å²) in [6, 6.07) is 18.2. The molecule has 2 aromatic rings. The Bertz CT molecular complexity index is 534. The van der Waals surface area contributed by atoms with Gasteiger partial charge in [-0.1, -0.05) is 48.5 Å². The smallest absolute Gasteiger partial charge is 0.350 e. The van der Waals surface area contributed by atoms with Crippen LogP contribution in [-0.4, -0.2) is 39.6 Å². The van der Waals surface area contributed by atoms with Crippen LogP contribution in [0.25, 0.3) is 5.76 Å². The molecule has 0 aliphatic rings. The normalized spacial score (nSPS) is 9.05. The molecule has 0 unspecified atom stereocenters. The van der Waals surface area contributed by atoms with Gasteiger partial charge < -0.3 is 27.4 Å². The van der Waals surface area contributed by atoms with Crippen LogP contribution >= 0.6 is 0 Å². The van der Waals surface area contributed by atoms with Crippen molar-refractivity contribution in [2.45, 2.75) is 0 Å². The fraction of sp³-hybridized carbons (Fsp3) is 0. The number of hydrogen-bond donors (Lipinski definition) is 1. The molecule has 3 heteroatoms. The summed E-state index contributed by atoms with van der Waals surface area (Å²) in [6.45, 7) is 0. The number of aliphatic hydroxyl groups excluding tert-OH is 1. The molecule has 4 radical (unpaired) electrons. The van der Waals surface area contributed by atoms with E-state index in [9.17, 15) is 9.90 Å². The first-order valence-electron chi connectivity index (χ1n) is 5.35. The van der Waals surface area contributed by atoms with E-state index in [0.29, 0.717) is 11.1 Å². The largest absolute Gasteiger partial charge is 0.507 e. The zero-order valence-electron chi connectivity index (χ0n) is 12.7. The zero-order chi connectivity index (χ0) is 12.1. The van der Waals surface area contributed by atoms with E-state index in [0.717, 1.165) is 0 Å². The van der Waals surface area contributed by atoms with E-state index in [1.807, 2.05) is 36.4 Å². The molecule has 21 heavy (non-hydrogen) atoms. The Labute approximate surface area is 145 Å². The molecule has 112 valence electrons. The Hall–Kier alpha value is -1.55. The van der Waals surface area contributed by atoms with Crippen LogP contribution in [0.15, 0.2) is 66.7 Å². The Morgan fingerprint density at radius 3 is 1.57 bits per heavy atom. The number of rotatable bonds is 3. The summed E-state index contributed by atoms with van der Waals surface area (Å²) < 4.78 is 0. The van der Waals surface area contributed by atoms with Crippen LogP contribution in [-0.2, 0) is 0 Å². The molecule has 0 aromatic heterocycles. The number of ketones is 1. The third-order valence-corrected chi connectivity index (χ3v) is 2.41. The van der Waals surface area contributed by atoms with Gasteiger partial charge in [0, 0.05) is 29.5 Å². The fourth-order valence-electron chi connectivity index (χ4n) is 1.51. The van der Waals surface area contributed by atoms with Crippen LogP contribution in [0.2, 0.25) is 0 Å². The van der Waals surface area contributed by atoms with Crippen molar-refractivity contribution in [3.8, 4) is 0 Å². The molecule has 0 spiro atoms. The van der Waals surface area contributed by atoms with Crippen molar-refractivity contribution in [3.05, 3.63) is 100 Å². The van der Waals surface area contributed by atoms with E-state index in [2.05, 4.69) is 0 Å². The SMILES string of the molecule is O/C(=C\C(=[OH+])c1ccccc1)c1ccccc1.[CH3-].[CH3-].[CH3-].[Sn]. The molecular weight excluding hydrogens is 367 g/mol. The van der Waals surface area contributed by atoms with Crippen molar-refractivity contribution in [3.63, 3.8) is 0 Å². The number of hydrogen-bond acceptors (Lipinski definition) is 1. The number of aliphatic hydroxyl groups is 1. The van der Waals surface area contributed by atoms with Crippen molar-refractivity contribution < 1.29 is 9.90 Å². The molecule has 0 bridgehead atoms. The Kier molecular flexibility index (Phi) is 14.2. The molecule has 0 saturated heterocycles. The van der Waals surface area contributed by atoms with Crippen LogP contribution < -0.4 is 0 Å². The minimum absolute atomic E-state index is 0. The summed E-state index contributed by atoms with van der Waals surface area (Å²) in [6.07, 6.45) is 1.35. The van der Waals surface area contributed by atoms with Crippen molar-refractivity contribution >= 4 is 35.4 Å². The molecule has 0 fully saturated rings. The maximum absolute atomic E-state index is 9.83. The third kappa shape index (κ3) is 7.14. The average molecular weight is 389 g/mol. The second-order valence-electron chi connectivity index (χ2n) is 3.65. The average Bonchev–Trinajstić information content (AvgIpc) is 2.40. The van der Waals surface area contributed by atoms with Gasteiger partial charge in [0.1, 0.15) is 5.76 Å². The molecule has 0 heterocycles. The van der Waals surface area contributed by atoms with Gasteiger partial charge in [-0.3, -0.25) is 4.79 Å². The van der Waals surface area contributed by atoms with Gasteiger partial charge >= 0.3 is 5.78 Å². The first kappa shape index (κ1) is 24.5. The van der Waals surface area contributed by atoms with Crippen LogP contribution in [0.5, 0.6) is 0 Å². The molecule has 2 nitrogen and oxygen atoms in total. The van der Waals surface area contributed by atoms with Gasteiger partial charge in [-0.2, -0.15) is 0 Å². The topological polar surface area (TPSA) is 41.6 Å². The second kappa shape index (κ2) is 12.2. The van der Waals surface area contributed by atoms with E-state index >= 15 is 0 Å². The predicted molar refractivity (Wildman–Crippen MR) is 94.5 cm³/mol. The number of carbonyl (C=O) groups excluding carboxylic acids is 1. The Morgan fingerprint density at radius 2 is 1.14 bits per heavy atom. The molecule has 2 N–H and O–H groups in total.